The molecule has 104 valence electrons. The van der Waals surface area contributed by atoms with Gasteiger partial charge < -0.3 is 5.11 Å². The average Bonchev–Trinajstić information content (AvgIpc) is 2.36. The molecule has 0 aliphatic heterocycles. The van der Waals surface area contributed by atoms with Crippen LogP contribution < -0.4 is 0 Å². The average molecular weight is 269 g/mol. The van der Waals surface area contributed by atoms with Gasteiger partial charge >= 0.3 is 5.97 Å². The minimum atomic E-state index is -0.652. The van der Waals surface area contributed by atoms with Gasteiger partial charge in [-0.3, -0.25) is 9.69 Å². The highest BCUT2D eigenvalue weighted by atomic mass is 16.4. The molecule has 3 nitrogen and oxygen atoms in total. The van der Waals surface area contributed by atoms with E-state index in [1.165, 1.54) is 16.3 Å². The molecule has 0 aromatic heterocycles. The van der Waals surface area contributed by atoms with Crippen LogP contribution in [0.4, 0.5) is 0 Å². The highest BCUT2D eigenvalue weighted by molar-refractivity contribution is 5.82. The van der Waals surface area contributed by atoms with E-state index in [0.717, 1.165) is 19.4 Å². The van der Waals surface area contributed by atoms with Crippen molar-refractivity contribution in [2.75, 3.05) is 7.05 Å². The smallest absolute Gasteiger partial charge is 0.306 e. The van der Waals surface area contributed by atoms with Crippen LogP contribution in [0.15, 0.2) is 42.5 Å². The minimum Gasteiger partial charge on any atom is -0.481 e. The minimum absolute atomic E-state index is 0.140. The van der Waals surface area contributed by atoms with Gasteiger partial charge in [-0.05, 0) is 42.3 Å². The van der Waals surface area contributed by atoms with Crippen molar-refractivity contribution in [3.63, 3.8) is 0 Å². The first kappa shape index (κ1) is 13.1. The SMILES string of the molecule is CN(Cc1ccc2ccccc2c1)C1CC(C(=O)O)C1. The molecule has 20 heavy (non-hydrogen) atoms. The summed E-state index contributed by atoms with van der Waals surface area (Å²) in [6, 6.07) is 15.3. The highest BCUT2D eigenvalue weighted by Gasteiger charge is 2.36. The summed E-state index contributed by atoms with van der Waals surface area (Å²) in [6.07, 6.45) is 1.55. The fourth-order valence-corrected chi connectivity index (χ4v) is 2.90. The molecule has 0 saturated heterocycles. The van der Waals surface area contributed by atoms with Crippen molar-refractivity contribution in [2.45, 2.75) is 25.4 Å². The summed E-state index contributed by atoms with van der Waals surface area (Å²) < 4.78 is 0. The molecule has 0 heterocycles. The molecule has 0 spiro atoms. The maximum Gasteiger partial charge on any atom is 0.306 e. The number of hydrogen-bond donors (Lipinski definition) is 1. The molecule has 1 saturated carbocycles. The number of nitrogens with zero attached hydrogens (tertiary/aromatic N) is 1. The van der Waals surface area contributed by atoms with Crippen LogP contribution in [0.25, 0.3) is 10.8 Å². The third kappa shape index (κ3) is 2.54. The Kier molecular flexibility index (Phi) is 3.45. The lowest BCUT2D eigenvalue weighted by atomic mass is 9.79. The van der Waals surface area contributed by atoms with Gasteiger partial charge in [0.1, 0.15) is 0 Å². The predicted octanol–water partition coefficient (Wildman–Crippen LogP) is 3.13. The van der Waals surface area contributed by atoms with E-state index in [9.17, 15) is 4.79 Å². The van der Waals surface area contributed by atoms with Crippen molar-refractivity contribution < 1.29 is 9.90 Å². The molecule has 0 amide bonds. The third-order valence-electron chi connectivity index (χ3n) is 4.33. The van der Waals surface area contributed by atoms with E-state index in [-0.39, 0.29) is 5.92 Å². The Balaban J connectivity index is 1.66. The van der Waals surface area contributed by atoms with Crippen molar-refractivity contribution in [3.05, 3.63) is 48.0 Å². The Hall–Kier alpha value is -1.87. The van der Waals surface area contributed by atoms with Crippen molar-refractivity contribution in [3.8, 4) is 0 Å². The largest absolute Gasteiger partial charge is 0.481 e. The van der Waals surface area contributed by atoms with Gasteiger partial charge in [-0.2, -0.15) is 0 Å². The maximum absolute atomic E-state index is 10.8. The summed E-state index contributed by atoms with van der Waals surface area (Å²) in [6.45, 7) is 0.877. The summed E-state index contributed by atoms with van der Waals surface area (Å²) in [5.41, 5.74) is 1.28. The lowest BCUT2D eigenvalue weighted by Crippen LogP contribution is -2.44. The molecular weight excluding hydrogens is 250 g/mol. The van der Waals surface area contributed by atoms with E-state index in [0.29, 0.717) is 6.04 Å². The van der Waals surface area contributed by atoms with E-state index in [1.54, 1.807) is 0 Å². The topological polar surface area (TPSA) is 40.5 Å². The van der Waals surface area contributed by atoms with Gasteiger partial charge in [0.25, 0.3) is 0 Å². The molecule has 0 bridgehead atoms. The van der Waals surface area contributed by atoms with E-state index in [1.807, 2.05) is 0 Å². The number of fused-ring (bicyclic) bond motifs is 1. The second-order valence-electron chi connectivity index (χ2n) is 5.76. The molecule has 1 aliphatic carbocycles. The number of carboxylic acids is 1. The standard InChI is InChI=1S/C17H19NO2/c1-18(16-9-15(10-16)17(19)20)11-12-6-7-13-4-2-3-5-14(13)8-12/h2-8,15-16H,9-11H2,1H3,(H,19,20). The Morgan fingerprint density at radius 1 is 1.20 bits per heavy atom. The Bertz CT molecular complexity index is 632. The quantitative estimate of drug-likeness (QED) is 0.927. The Morgan fingerprint density at radius 3 is 2.60 bits per heavy atom. The molecule has 1 aliphatic rings. The fourth-order valence-electron chi connectivity index (χ4n) is 2.90. The zero-order valence-corrected chi connectivity index (χ0v) is 11.6. The molecule has 0 atom stereocenters. The van der Waals surface area contributed by atoms with Crippen molar-refractivity contribution in [2.24, 2.45) is 5.92 Å². The van der Waals surface area contributed by atoms with Crippen LogP contribution in [0, 0.1) is 5.92 Å². The molecule has 1 fully saturated rings. The normalized spacial score (nSPS) is 21.9. The third-order valence-corrected chi connectivity index (χ3v) is 4.33. The zero-order valence-electron chi connectivity index (χ0n) is 11.6. The van der Waals surface area contributed by atoms with Crippen LogP contribution in [0.1, 0.15) is 18.4 Å². The number of benzene rings is 2. The van der Waals surface area contributed by atoms with Gasteiger partial charge in [-0.15, -0.1) is 0 Å². The zero-order chi connectivity index (χ0) is 14.1. The van der Waals surface area contributed by atoms with Crippen LogP contribution in [0.2, 0.25) is 0 Å². The number of hydrogen-bond acceptors (Lipinski definition) is 2. The molecule has 0 unspecified atom stereocenters. The summed E-state index contributed by atoms with van der Waals surface area (Å²) in [4.78, 5) is 13.1. The fraction of sp³-hybridized carbons (Fsp3) is 0.353. The van der Waals surface area contributed by atoms with Crippen molar-refractivity contribution in [1.29, 1.82) is 0 Å². The molecule has 2 aromatic carbocycles. The number of aliphatic carboxylic acids is 1. The molecule has 3 rings (SSSR count). The van der Waals surface area contributed by atoms with E-state index < -0.39 is 5.97 Å². The van der Waals surface area contributed by atoms with E-state index in [2.05, 4.69) is 54.4 Å². The first-order chi connectivity index (χ1) is 9.63. The van der Waals surface area contributed by atoms with Gasteiger partial charge in [0.15, 0.2) is 0 Å². The molecular formula is C17H19NO2. The van der Waals surface area contributed by atoms with Gasteiger partial charge in [0.05, 0.1) is 5.92 Å². The van der Waals surface area contributed by atoms with E-state index >= 15 is 0 Å². The Morgan fingerprint density at radius 2 is 1.90 bits per heavy atom. The molecule has 2 aromatic rings. The van der Waals surface area contributed by atoms with E-state index in [4.69, 9.17) is 5.11 Å². The monoisotopic (exact) mass is 269 g/mol. The second kappa shape index (κ2) is 5.25. The lowest BCUT2D eigenvalue weighted by molar-refractivity contribution is -0.146. The van der Waals surface area contributed by atoms with Gasteiger partial charge in [0.2, 0.25) is 0 Å². The summed E-state index contributed by atoms with van der Waals surface area (Å²) in [7, 11) is 2.08. The van der Waals surface area contributed by atoms with Crippen LogP contribution in [0.5, 0.6) is 0 Å². The predicted molar refractivity (Wildman–Crippen MR) is 79.6 cm³/mol. The first-order valence-electron chi connectivity index (χ1n) is 7.04. The first-order valence-corrected chi connectivity index (χ1v) is 7.04. The maximum atomic E-state index is 10.8. The van der Waals surface area contributed by atoms with Crippen LogP contribution >= 0.6 is 0 Å². The lowest BCUT2D eigenvalue weighted by Gasteiger charge is -2.39. The van der Waals surface area contributed by atoms with Crippen LogP contribution in [0.3, 0.4) is 0 Å². The van der Waals surface area contributed by atoms with Crippen LogP contribution in [-0.2, 0) is 11.3 Å². The number of rotatable bonds is 4. The summed E-state index contributed by atoms with van der Waals surface area (Å²) in [5.74, 6) is -0.792. The number of carbonyl (C=O) groups is 1. The van der Waals surface area contributed by atoms with Crippen LogP contribution in [-0.4, -0.2) is 29.1 Å². The Labute approximate surface area is 118 Å². The van der Waals surface area contributed by atoms with Gasteiger partial charge in [-0.1, -0.05) is 36.4 Å². The molecule has 3 heteroatoms. The highest BCUT2D eigenvalue weighted by Crippen LogP contribution is 2.32. The molecule has 1 N–H and O–H groups in total. The second-order valence-corrected chi connectivity index (χ2v) is 5.76. The van der Waals surface area contributed by atoms with Crippen molar-refractivity contribution >= 4 is 16.7 Å². The summed E-state index contributed by atoms with van der Waals surface area (Å²) in [5, 5.41) is 11.4. The molecule has 0 radical (unpaired) electrons. The van der Waals surface area contributed by atoms with Gasteiger partial charge in [-0.25, -0.2) is 0 Å². The summed E-state index contributed by atoms with van der Waals surface area (Å²) >= 11 is 0. The van der Waals surface area contributed by atoms with Gasteiger partial charge in [0, 0.05) is 12.6 Å². The number of carboxylic acid groups (broad SMARTS) is 1. The van der Waals surface area contributed by atoms with Crippen molar-refractivity contribution in [1.82, 2.24) is 4.90 Å².